The van der Waals surface area contributed by atoms with Gasteiger partial charge in [0.05, 0.1) is 35.4 Å². The Balaban J connectivity index is 1.72. The van der Waals surface area contributed by atoms with E-state index in [0.717, 1.165) is 63.2 Å². The second kappa shape index (κ2) is 10.8. The maximum absolute atomic E-state index is 12.5. The minimum atomic E-state index is -0.355. The molecule has 0 atom stereocenters. The van der Waals surface area contributed by atoms with E-state index in [0.29, 0.717) is 36.7 Å². The lowest BCUT2D eigenvalue weighted by Crippen LogP contribution is -2.27. The van der Waals surface area contributed by atoms with Crippen LogP contribution in [0.1, 0.15) is 48.4 Å². The molecule has 38 heavy (non-hydrogen) atoms. The third-order valence-electron chi connectivity index (χ3n) is 6.99. The van der Waals surface area contributed by atoms with Crippen molar-refractivity contribution in [1.29, 1.82) is 0 Å². The van der Waals surface area contributed by atoms with E-state index >= 15 is 0 Å². The summed E-state index contributed by atoms with van der Waals surface area (Å²) in [5, 5.41) is 3.66. The van der Waals surface area contributed by atoms with Crippen LogP contribution in [0.3, 0.4) is 0 Å². The number of benzene rings is 3. The Morgan fingerprint density at radius 2 is 1.21 bits per heavy atom. The van der Waals surface area contributed by atoms with E-state index in [1.165, 1.54) is 0 Å². The van der Waals surface area contributed by atoms with Crippen molar-refractivity contribution >= 4 is 55.6 Å². The highest BCUT2D eigenvalue weighted by atomic mass is 16.5. The molecule has 0 aliphatic carbocycles. The normalized spacial score (nSPS) is 11.7. The van der Waals surface area contributed by atoms with Crippen LogP contribution in [0.15, 0.2) is 42.5 Å². The van der Waals surface area contributed by atoms with Gasteiger partial charge in [0.1, 0.15) is 6.61 Å². The van der Waals surface area contributed by atoms with Crippen molar-refractivity contribution in [2.75, 3.05) is 39.5 Å². The molecular weight excluding hydrogens is 482 g/mol. The SMILES string of the molecule is CCOC(=O)c1ccc2[nH]c3c(OCCN(CC)CC)c4[nH]c5ccc(C(=O)OCC)cc5c4cc3c2c1. The van der Waals surface area contributed by atoms with Gasteiger partial charge in [-0.25, -0.2) is 9.59 Å². The fourth-order valence-electron chi connectivity index (χ4n) is 5.00. The van der Waals surface area contributed by atoms with Crippen LogP contribution in [0, 0.1) is 0 Å². The summed E-state index contributed by atoms with van der Waals surface area (Å²) in [7, 11) is 0. The van der Waals surface area contributed by atoms with Gasteiger partial charge in [0.2, 0.25) is 0 Å². The molecule has 0 unspecified atom stereocenters. The molecule has 198 valence electrons. The van der Waals surface area contributed by atoms with Crippen molar-refractivity contribution in [2.24, 2.45) is 0 Å². The highest BCUT2D eigenvalue weighted by Gasteiger charge is 2.20. The number of likely N-dealkylation sites (N-methyl/N-ethyl adjacent to an activating group) is 1. The standard InChI is InChI=1S/C30H33N3O5/c1-5-33(6-2)13-14-38-28-26-22(20-15-18(29(34)36-7-3)9-11-24(20)31-26)17-23-21-16-19(30(35)37-8-4)10-12-25(21)32-27(23)28/h9-12,15-17,31-32H,5-8,13-14H2,1-4H3. The molecule has 0 spiro atoms. The molecule has 5 rings (SSSR count). The molecule has 8 nitrogen and oxygen atoms in total. The number of nitrogens with zero attached hydrogens (tertiary/aromatic N) is 1. The van der Waals surface area contributed by atoms with Crippen molar-refractivity contribution in [2.45, 2.75) is 27.7 Å². The third kappa shape index (κ3) is 4.56. The largest absolute Gasteiger partial charge is 0.488 e. The van der Waals surface area contributed by atoms with Gasteiger partial charge in [0.25, 0.3) is 0 Å². The Morgan fingerprint density at radius 3 is 1.66 bits per heavy atom. The summed E-state index contributed by atoms with van der Waals surface area (Å²) in [5.41, 5.74) is 4.48. The lowest BCUT2D eigenvalue weighted by molar-refractivity contribution is 0.0517. The quantitative estimate of drug-likeness (QED) is 0.221. The minimum absolute atomic E-state index is 0.314. The number of aromatic amines is 2. The number of rotatable bonds is 10. The number of hydrogen-bond donors (Lipinski definition) is 2. The predicted molar refractivity (Wildman–Crippen MR) is 150 cm³/mol. The molecule has 5 aromatic rings. The van der Waals surface area contributed by atoms with Crippen LogP contribution in [-0.4, -0.2) is 66.3 Å². The third-order valence-corrected chi connectivity index (χ3v) is 6.99. The molecule has 0 aliphatic heterocycles. The first-order valence-electron chi connectivity index (χ1n) is 13.2. The van der Waals surface area contributed by atoms with Gasteiger partial charge in [0.15, 0.2) is 5.75 Å². The van der Waals surface area contributed by atoms with E-state index in [4.69, 9.17) is 14.2 Å². The predicted octanol–water partition coefficient (Wildman–Crippen LogP) is 6.03. The Kier molecular flexibility index (Phi) is 7.24. The summed E-state index contributed by atoms with van der Waals surface area (Å²) < 4.78 is 16.9. The van der Waals surface area contributed by atoms with Crippen LogP contribution in [-0.2, 0) is 9.47 Å². The van der Waals surface area contributed by atoms with Crippen molar-refractivity contribution in [3.8, 4) is 5.75 Å². The van der Waals surface area contributed by atoms with E-state index in [9.17, 15) is 9.59 Å². The maximum atomic E-state index is 12.5. The minimum Gasteiger partial charge on any atom is -0.488 e. The Labute approximate surface area is 220 Å². The molecule has 0 amide bonds. The molecule has 2 heterocycles. The second-order valence-corrected chi connectivity index (χ2v) is 9.14. The van der Waals surface area contributed by atoms with Gasteiger partial charge >= 0.3 is 11.9 Å². The van der Waals surface area contributed by atoms with E-state index in [-0.39, 0.29) is 11.9 Å². The number of esters is 2. The summed E-state index contributed by atoms with van der Waals surface area (Å²) in [6.07, 6.45) is 0. The topological polar surface area (TPSA) is 96.7 Å². The van der Waals surface area contributed by atoms with Crippen molar-refractivity contribution in [1.82, 2.24) is 14.9 Å². The van der Waals surface area contributed by atoms with Gasteiger partial charge < -0.3 is 29.1 Å². The van der Waals surface area contributed by atoms with Gasteiger partial charge in [0, 0.05) is 39.1 Å². The molecule has 8 heteroatoms. The van der Waals surface area contributed by atoms with Gasteiger partial charge in [-0.1, -0.05) is 13.8 Å². The zero-order chi connectivity index (χ0) is 26.8. The second-order valence-electron chi connectivity index (χ2n) is 9.14. The summed E-state index contributed by atoms with van der Waals surface area (Å²) in [5.74, 6) is 0.00539. The molecule has 0 aliphatic rings. The lowest BCUT2D eigenvalue weighted by Gasteiger charge is -2.18. The van der Waals surface area contributed by atoms with Crippen LogP contribution < -0.4 is 4.74 Å². The number of carbonyl (C=O) groups excluding carboxylic acids is 2. The van der Waals surface area contributed by atoms with Crippen LogP contribution in [0.25, 0.3) is 43.6 Å². The smallest absolute Gasteiger partial charge is 0.338 e. The van der Waals surface area contributed by atoms with Crippen LogP contribution >= 0.6 is 0 Å². The number of carbonyl (C=O) groups is 2. The summed E-state index contributed by atoms with van der Waals surface area (Å²) >= 11 is 0. The Bertz CT molecular complexity index is 1530. The summed E-state index contributed by atoms with van der Waals surface area (Å²) in [4.78, 5) is 34.3. The number of nitrogens with one attached hydrogen (secondary N) is 2. The first kappa shape index (κ1) is 25.6. The zero-order valence-corrected chi connectivity index (χ0v) is 22.3. The lowest BCUT2D eigenvalue weighted by atomic mass is 10.0. The molecule has 0 fully saturated rings. The molecule has 3 aromatic carbocycles. The molecule has 0 saturated carbocycles. The molecule has 2 N–H and O–H groups in total. The number of ether oxygens (including phenoxy) is 3. The first-order chi connectivity index (χ1) is 18.5. The Morgan fingerprint density at radius 1 is 0.711 bits per heavy atom. The molecule has 0 radical (unpaired) electrons. The first-order valence-corrected chi connectivity index (χ1v) is 13.2. The van der Waals surface area contributed by atoms with Crippen LogP contribution in [0.4, 0.5) is 0 Å². The fraction of sp³-hybridized carbons (Fsp3) is 0.333. The molecule has 2 aromatic heterocycles. The highest BCUT2D eigenvalue weighted by Crippen LogP contribution is 2.41. The average Bonchev–Trinajstić information content (AvgIpc) is 3.48. The van der Waals surface area contributed by atoms with E-state index in [2.05, 4.69) is 34.8 Å². The molecule has 0 saturated heterocycles. The maximum Gasteiger partial charge on any atom is 0.338 e. The van der Waals surface area contributed by atoms with Crippen molar-refractivity contribution < 1.29 is 23.8 Å². The average molecular weight is 516 g/mol. The van der Waals surface area contributed by atoms with Gasteiger partial charge in [-0.15, -0.1) is 0 Å². The molecule has 0 bridgehead atoms. The number of H-pyrrole nitrogens is 2. The van der Waals surface area contributed by atoms with Crippen molar-refractivity contribution in [3.63, 3.8) is 0 Å². The zero-order valence-electron chi connectivity index (χ0n) is 22.3. The van der Waals surface area contributed by atoms with E-state index in [1.807, 2.05) is 24.3 Å². The van der Waals surface area contributed by atoms with Gasteiger partial charge in [-0.2, -0.15) is 0 Å². The fourth-order valence-corrected chi connectivity index (χ4v) is 5.00. The van der Waals surface area contributed by atoms with Gasteiger partial charge in [-0.05, 0) is 69.4 Å². The molecular formula is C30H33N3O5. The monoisotopic (exact) mass is 515 g/mol. The van der Waals surface area contributed by atoms with Crippen LogP contribution in [0.5, 0.6) is 5.75 Å². The van der Waals surface area contributed by atoms with Crippen molar-refractivity contribution in [3.05, 3.63) is 53.6 Å². The number of fused-ring (bicyclic) bond motifs is 6. The van der Waals surface area contributed by atoms with E-state index < -0.39 is 0 Å². The summed E-state index contributed by atoms with van der Waals surface area (Å²) in [6.45, 7) is 11.7. The number of hydrogen-bond acceptors (Lipinski definition) is 6. The van der Waals surface area contributed by atoms with Crippen LogP contribution in [0.2, 0.25) is 0 Å². The summed E-state index contributed by atoms with van der Waals surface area (Å²) in [6, 6.07) is 13.1. The van der Waals surface area contributed by atoms with E-state index in [1.54, 1.807) is 26.0 Å². The van der Waals surface area contributed by atoms with Gasteiger partial charge in [-0.3, -0.25) is 0 Å². The number of aromatic nitrogens is 2. The Hall–Kier alpha value is -4.04. The highest BCUT2D eigenvalue weighted by molar-refractivity contribution is 6.21.